The molecule has 4 nitrogen and oxygen atoms in total. The molecule has 0 heterocycles. The third-order valence-electron chi connectivity index (χ3n) is 2.63. The minimum absolute atomic E-state index is 0.134. The number of benzene rings is 1. The van der Waals surface area contributed by atoms with Gasteiger partial charge in [-0.05, 0) is 68.5 Å². The van der Waals surface area contributed by atoms with Crippen molar-refractivity contribution in [3.63, 3.8) is 0 Å². The molecule has 0 aromatic heterocycles. The maximum Gasteiger partial charge on any atom is 0.322 e. The van der Waals surface area contributed by atoms with E-state index in [1.165, 1.54) is 18.3 Å². The van der Waals surface area contributed by atoms with Gasteiger partial charge in [0.05, 0.1) is 17.7 Å². The molecule has 0 N–H and O–H groups in total. The van der Waals surface area contributed by atoms with Gasteiger partial charge in [-0.3, -0.25) is 14.6 Å². The Morgan fingerprint density at radius 2 is 2.05 bits per heavy atom. The molecule has 1 unspecified atom stereocenters. The van der Waals surface area contributed by atoms with Crippen molar-refractivity contribution in [2.45, 2.75) is 33.2 Å². The van der Waals surface area contributed by atoms with E-state index in [2.05, 4.69) is 4.99 Å². The van der Waals surface area contributed by atoms with E-state index in [0.29, 0.717) is 3.57 Å². The highest BCUT2D eigenvalue weighted by atomic mass is 127. The van der Waals surface area contributed by atoms with Crippen LogP contribution in [0, 0.1) is 15.3 Å². The number of carbonyl (C=O) groups is 2. The Kier molecular flexibility index (Phi) is 6.65. The summed E-state index contributed by atoms with van der Waals surface area (Å²) in [5, 5.41) is 0. The quantitative estimate of drug-likeness (QED) is 0.241. The second-order valence-electron chi connectivity index (χ2n) is 5.67. The van der Waals surface area contributed by atoms with Crippen molar-refractivity contribution in [2.75, 3.05) is 6.61 Å². The van der Waals surface area contributed by atoms with Gasteiger partial charge in [0.2, 0.25) is 0 Å². The highest BCUT2D eigenvalue weighted by Gasteiger charge is 2.30. The summed E-state index contributed by atoms with van der Waals surface area (Å²) in [6.45, 7) is 7.29. The molecule has 0 aliphatic rings. The number of ether oxygens (including phenoxy) is 1. The number of hydrogen-bond donors (Lipinski definition) is 0. The van der Waals surface area contributed by atoms with E-state index in [1.807, 2.05) is 43.4 Å². The highest BCUT2D eigenvalue weighted by molar-refractivity contribution is 14.1. The predicted octanol–water partition coefficient (Wildman–Crippen LogP) is 3.66. The highest BCUT2D eigenvalue weighted by Crippen LogP contribution is 2.18. The van der Waals surface area contributed by atoms with Gasteiger partial charge in [0.15, 0.2) is 11.7 Å². The van der Waals surface area contributed by atoms with Crippen LogP contribution in [0.5, 0.6) is 0 Å². The van der Waals surface area contributed by atoms with Crippen molar-refractivity contribution in [1.29, 1.82) is 0 Å². The molecule has 0 aliphatic carbocycles. The van der Waals surface area contributed by atoms with E-state index in [9.17, 15) is 14.0 Å². The third kappa shape index (κ3) is 5.47. The van der Waals surface area contributed by atoms with Crippen LogP contribution in [0.1, 0.15) is 38.1 Å². The van der Waals surface area contributed by atoms with Gasteiger partial charge in [-0.1, -0.05) is 0 Å². The van der Waals surface area contributed by atoms with E-state index in [1.54, 1.807) is 13.0 Å². The standard InChI is InChI=1S/C16H19FINO3/c1-5-22-15(21)12(9-19-16(2,3)4)14(20)11-8-10(18)6-7-13(11)17/h6-9,12H,5H2,1-4H3. The minimum atomic E-state index is -1.24. The van der Waals surface area contributed by atoms with Gasteiger partial charge in [0.1, 0.15) is 5.82 Å². The van der Waals surface area contributed by atoms with Crippen molar-refractivity contribution in [1.82, 2.24) is 0 Å². The number of rotatable bonds is 5. The zero-order valence-electron chi connectivity index (χ0n) is 13.0. The first kappa shape index (κ1) is 18.7. The summed E-state index contributed by atoms with van der Waals surface area (Å²) in [7, 11) is 0. The molecular formula is C16H19FINO3. The minimum Gasteiger partial charge on any atom is -0.465 e. The molecule has 120 valence electrons. The molecule has 6 heteroatoms. The van der Waals surface area contributed by atoms with Crippen molar-refractivity contribution in [3.05, 3.63) is 33.1 Å². The van der Waals surface area contributed by atoms with Crippen LogP contribution in [0.3, 0.4) is 0 Å². The summed E-state index contributed by atoms with van der Waals surface area (Å²) in [5.41, 5.74) is -0.584. The lowest BCUT2D eigenvalue weighted by molar-refractivity contribution is -0.143. The van der Waals surface area contributed by atoms with Crippen molar-refractivity contribution >= 4 is 40.6 Å². The smallest absolute Gasteiger partial charge is 0.322 e. The summed E-state index contributed by atoms with van der Waals surface area (Å²) in [6.07, 6.45) is 1.25. The largest absolute Gasteiger partial charge is 0.465 e. The Morgan fingerprint density at radius 3 is 2.59 bits per heavy atom. The second-order valence-corrected chi connectivity index (χ2v) is 6.91. The van der Waals surface area contributed by atoms with Crippen LogP contribution in [0.4, 0.5) is 4.39 Å². The van der Waals surface area contributed by atoms with Crippen LogP contribution in [-0.4, -0.2) is 30.1 Å². The fraction of sp³-hybridized carbons (Fsp3) is 0.438. The summed E-state index contributed by atoms with van der Waals surface area (Å²) in [4.78, 5) is 28.7. The lowest BCUT2D eigenvalue weighted by atomic mass is 9.97. The normalized spacial score (nSPS) is 13.2. The van der Waals surface area contributed by atoms with Crippen LogP contribution in [0.15, 0.2) is 23.2 Å². The molecule has 22 heavy (non-hydrogen) atoms. The summed E-state index contributed by atoms with van der Waals surface area (Å²) >= 11 is 1.98. The average Bonchev–Trinajstić information content (AvgIpc) is 2.40. The Balaban J connectivity index is 3.20. The number of Topliss-reactive ketones (excluding diaryl/α,β-unsaturated/α-hetero) is 1. The molecule has 0 saturated carbocycles. The van der Waals surface area contributed by atoms with Gasteiger partial charge >= 0.3 is 5.97 Å². The maximum absolute atomic E-state index is 13.9. The van der Waals surface area contributed by atoms with Crippen molar-refractivity contribution < 1.29 is 18.7 Å². The predicted molar refractivity (Wildman–Crippen MR) is 91.8 cm³/mol. The lowest BCUT2D eigenvalue weighted by Gasteiger charge is -2.15. The van der Waals surface area contributed by atoms with E-state index >= 15 is 0 Å². The first-order valence-electron chi connectivity index (χ1n) is 6.87. The Bertz CT molecular complexity index is 594. The van der Waals surface area contributed by atoms with Crippen molar-refractivity contribution in [2.24, 2.45) is 10.9 Å². The Labute approximate surface area is 143 Å². The molecule has 1 aromatic carbocycles. The summed E-state index contributed by atoms with van der Waals surface area (Å²) in [5.74, 6) is -3.28. The maximum atomic E-state index is 13.9. The number of halogens is 2. The number of ketones is 1. The molecule has 0 aliphatic heterocycles. The summed E-state index contributed by atoms with van der Waals surface area (Å²) < 4.78 is 19.5. The van der Waals surface area contributed by atoms with Crippen LogP contribution in [0.2, 0.25) is 0 Å². The second kappa shape index (κ2) is 7.80. The van der Waals surface area contributed by atoms with E-state index < -0.39 is 29.0 Å². The molecule has 0 fully saturated rings. The van der Waals surface area contributed by atoms with Gasteiger partial charge in [-0.15, -0.1) is 0 Å². The molecule has 0 radical (unpaired) electrons. The molecular weight excluding hydrogens is 400 g/mol. The first-order chi connectivity index (χ1) is 10.2. The molecule has 1 atom stereocenters. The Hall–Kier alpha value is -1.31. The third-order valence-corrected chi connectivity index (χ3v) is 3.30. The average molecular weight is 419 g/mol. The van der Waals surface area contributed by atoms with Crippen LogP contribution < -0.4 is 0 Å². The molecule has 0 amide bonds. The van der Waals surface area contributed by atoms with Gasteiger partial charge in [0, 0.05) is 9.78 Å². The molecule has 0 spiro atoms. The monoisotopic (exact) mass is 419 g/mol. The Morgan fingerprint density at radius 1 is 1.41 bits per heavy atom. The van der Waals surface area contributed by atoms with E-state index in [0.717, 1.165) is 0 Å². The molecule has 0 bridgehead atoms. The fourth-order valence-electron chi connectivity index (χ4n) is 1.62. The number of esters is 1. The fourth-order valence-corrected chi connectivity index (χ4v) is 2.11. The molecule has 1 aromatic rings. The van der Waals surface area contributed by atoms with E-state index in [4.69, 9.17) is 4.74 Å². The zero-order valence-corrected chi connectivity index (χ0v) is 15.2. The molecule has 0 saturated heterocycles. The number of hydrogen-bond acceptors (Lipinski definition) is 4. The van der Waals surface area contributed by atoms with E-state index in [-0.39, 0.29) is 12.2 Å². The van der Waals surface area contributed by atoms with Crippen LogP contribution in [-0.2, 0) is 9.53 Å². The topological polar surface area (TPSA) is 55.7 Å². The zero-order chi connectivity index (χ0) is 16.9. The van der Waals surface area contributed by atoms with Gasteiger partial charge < -0.3 is 4.74 Å². The SMILES string of the molecule is CCOC(=O)C(C=NC(C)(C)C)C(=O)c1cc(I)ccc1F. The van der Waals surface area contributed by atoms with Gasteiger partial charge in [0.25, 0.3) is 0 Å². The van der Waals surface area contributed by atoms with Crippen LogP contribution in [0.25, 0.3) is 0 Å². The summed E-state index contributed by atoms with van der Waals surface area (Å²) in [6, 6.07) is 4.17. The first-order valence-corrected chi connectivity index (χ1v) is 7.95. The van der Waals surface area contributed by atoms with Gasteiger partial charge in [-0.25, -0.2) is 4.39 Å². The number of carbonyl (C=O) groups excluding carboxylic acids is 2. The molecule has 1 rings (SSSR count). The number of aliphatic imine (C=N–C) groups is 1. The number of nitrogens with zero attached hydrogens (tertiary/aromatic N) is 1. The van der Waals surface area contributed by atoms with Crippen molar-refractivity contribution in [3.8, 4) is 0 Å². The van der Waals surface area contributed by atoms with Crippen LogP contribution >= 0.6 is 22.6 Å². The lowest BCUT2D eigenvalue weighted by Crippen LogP contribution is -2.29. The van der Waals surface area contributed by atoms with Gasteiger partial charge in [-0.2, -0.15) is 0 Å².